The molecule has 3 N–H and O–H groups in total. The van der Waals surface area contributed by atoms with Crippen LogP contribution in [-0.2, 0) is 0 Å². The van der Waals surface area contributed by atoms with Crippen molar-refractivity contribution in [2.45, 2.75) is 27.2 Å². The highest BCUT2D eigenvalue weighted by Gasteiger charge is 2.20. The zero-order valence-electron chi connectivity index (χ0n) is 12.2. The fourth-order valence-corrected chi connectivity index (χ4v) is 2.10. The van der Waals surface area contributed by atoms with Gasteiger partial charge in [0.25, 0.3) is 5.91 Å². The van der Waals surface area contributed by atoms with E-state index in [4.69, 9.17) is 5.11 Å². The summed E-state index contributed by atoms with van der Waals surface area (Å²) in [5.41, 5.74) is 2.24. The zero-order valence-corrected chi connectivity index (χ0v) is 12.2. The van der Waals surface area contributed by atoms with Crippen LogP contribution < -0.4 is 5.32 Å². The van der Waals surface area contributed by atoms with Gasteiger partial charge < -0.3 is 10.4 Å². The Kier molecular flexibility index (Phi) is 4.09. The average Bonchev–Trinajstić information content (AvgIpc) is 2.79. The number of hydrogen-bond donors (Lipinski definition) is 3. The molecule has 20 heavy (non-hydrogen) atoms. The molecule has 0 aliphatic carbocycles. The van der Waals surface area contributed by atoms with Crippen LogP contribution in [0.2, 0.25) is 0 Å². The third-order valence-electron chi connectivity index (χ3n) is 3.45. The molecule has 2 aromatic rings. The summed E-state index contributed by atoms with van der Waals surface area (Å²) in [7, 11) is 0. The monoisotopic (exact) mass is 275 g/mol. The van der Waals surface area contributed by atoms with Crippen LogP contribution in [0.5, 0.6) is 0 Å². The minimum atomic E-state index is -0.187. The molecule has 1 aromatic carbocycles. The highest BCUT2D eigenvalue weighted by atomic mass is 16.3. The molecule has 108 valence electrons. The van der Waals surface area contributed by atoms with Crippen LogP contribution >= 0.6 is 0 Å². The van der Waals surface area contributed by atoms with E-state index in [9.17, 15) is 4.79 Å². The van der Waals surface area contributed by atoms with Gasteiger partial charge in [0.2, 0.25) is 0 Å². The van der Waals surface area contributed by atoms with Crippen molar-refractivity contribution in [2.75, 3.05) is 13.2 Å². The quantitative estimate of drug-likeness (QED) is 0.781. The van der Waals surface area contributed by atoms with Gasteiger partial charge in [-0.25, -0.2) is 0 Å². The van der Waals surface area contributed by atoms with E-state index in [0.29, 0.717) is 18.7 Å². The molecule has 0 aliphatic rings. The lowest BCUT2D eigenvalue weighted by molar-refractivity contribution is 0.0925. The van der Waals surface area contributed by atoms with Crippen LogP contribution in [0.3, 0.4) is 0 Å². The number of benzene rings is 1. The number of nitrogens with one attached hydrogen (secondary N) is 2. The molecular weight excluding hydrogens is 254 g/mol. The van der Waals surface area contributed by atoms with Gasteiger partial charge in [-0.05, 0) is 30.9 Å². The SMILES string of the molecule is Cc1ccc2[nH]nc(C(=O)NCC(C)(C)CCO)c2c1. The Labute approximate surface area is 118 Å². The maximum Gasteiger partial charge on any atom is 0.272 e. The number of carbonyl (C=O) groups excluding carboxylic acids is 1. The van der Waals surface area contributed by atoms with Gasteiger partial charge in [-0.3, -0.25) is 9.89 Å². The molecule has 1 aromatic heterocycles. The van der Waals surface area contributed by atoms with Gasteiger partial charge in [-0.1, -0.05) is 25.5 Å². The molecular formula is C15H21N3O2. The predicted molar refractivity (Wildman–Crippen MR) is 78.6 cm³/mol. The second-order valence-corrected chi connectivity index (χ2v) is 5.94. The number of aliphatic hydroxyl groups excluding tert-OH is 1. The van der Waals surface area contributed by atoms with E-state index in [2.05, 4.69) is 15.5 Å². The molecule has 5 heteroatoms. The fourth-order valence-electron chi connectivity index (χ4n) is 2.10. The second kappa shape index (κ2) is 5.63. The lowest BCUT2D eigenvalue weighted by Crippen LogP contribution is -2.34. The lowest BCUT2D eigenvalue weighted by atomic mass is 9.90. The smallest absolute Gasteiger partial charge is 0.272 e. The van der Waals surface area contributed by atoms with Gasteiger partial charge in [0.05, 0.1) is 5.52 Å². The van der Waals surface area contributed by atoms with Gasteiger partial charge in [0.15, 0.2) is 5.69 Å². The molecule has 0 fully saturated rings. The third-order valence-corrected chi connectivity index (χ3v) is 3.45. The standard InChI is InChI=1S/C15H21N3O2/c1-10-4-5-12-11(8-10)13(18-17-12)14(20)16-9-15(2,3)6-7-19/h4-5,8,19H,6-7,9H2,1-3H3,(H,16,20)(H,17,18). The molecule has 1 amide bonds. The maximum atomic E-state index is 12.2. The minimum Gasteiger partial charge on any atom is -0.396 e. The molecule has 0 unspecified atom stereocenters. The number of aryl methyl sites for hydroxylation is 1. The summed E-state index contributed by atoms with van der Waals surface area (Å²) >= 11 is 0. The van der Waals surface area contributed by atoms with E-state index < -0.39 is 0 Å². The van der Waals surface area contributed by atoms with Crippen LogP contribution in [-0.4, -0.2) is 34.4 Å². The highest BCUT2D eigenvalue weighted by Crippen LogP contribution is 2.20. The molecule has 0 spiro atoms. The largest absolute Gasteiger partial charge is 0.396 e. The van der Waals surface area contributed by atoms with Crippen molar-refractivity contribution in [1.29, 1.82) is 0 Å². The summed E-state index contributed by atoms with van der Waals surface area (Å²) in [6, 6.07) is 5.85. The molecule has 0 saturated carbocycles. The van der Waals surface area contributed by atoms with Gasteiger partial charge in [-0.15, -0.1) is 0 Å². The van der Waals surface area contributed by atoms with E-state index in [0.717, 1.165) is 16.5 Å². The van der Waals surface area contributed by atoms with Crippen molar-refractivity contribution in [1.82, 2.24) is 15.5 Å². The van der Waals surface area contributed by atoms with Crippen LogP contribution in [0.25, 0.3) is 10.9 Å². The summed E-state index contributed by atoms with van der Waals surface area (Å²) in [4.78, 5) is 12.2. The Morgan fingerprint density at radius 1 is 1.45 bits per heavy atom. The minimum absolute atomic E-state index is 0.118. The number of hydrogen-bond acceptors (Lipinski definition) is 3. The number of fused-ring (bicyclic) bond motifs is 1. The van der Waals surface area contributed by atoms with Crippen LogP contribution in [0.15, 0.2) is 18.2 Å². The predicted octanol–water partition coefficient (Wildman–Crippen LogP) is 2.01. The topological polar surface area (TPSA) is 78.0 Å². The van der Waals surface area contributed by atoms with Crippen molar-refractivity contribution in [3.05, 3.63) is 29.5 Å². The van der Waals surface area contributed by atoms with Crippen molar-refractivity contribution < 1.29 is 9.90 Å². The Bertz CT molecular complexity index is 617. The molecule has 0 saturated heterocycles. The van der Waals surface area contributed by atoms with Crippen LogP contribution in [0, 0.1) is 12.3 Å². The van der Waals surface area contributed by atoms with Crippen molar-refractivity contribution >= 4 is 16.8 Å². The summed E-state index contributed by atoms with van der Waals surface area (Å²) in [6.45, 7) is 6.63. The Hall–Kier alpha value is -1.88. The number of rotatable bonds is 5. The molecule has 0 atom stereocenters. The first-order chi connectivity index (χ1) is 9.43. The first-order valence-corrected chi connectivity index (χ1v) is 6.77. The number of aliphatic hydroxyl groups is 1. The first-order valence-electron chi connectivity index (χ1n) is 6.77. The van der Waals surface area contributed by atoms with Crippen molar-refractivity contribution in [3.8, 4) is 0 Å². The average molecular weight is 275 g/mol. The molecule has 2 rings (SSSR count). The molecule has 0 aliphatic heterocycles. The lowest BCUT2D eigenvalue weighted by Gasteiger charge is -2.23. The number of nitrogens with zero attached hydrogens (tertiary/aromatic N) is 1. The Morgan fingerprint density at radius 2 is 2.20 bits per heavy atom. The number of amides is 1. The first kappa shape index (κ1) is 14.5. The summed E-state index contributed by atoms with van der Waals surface area (Å²) in [6.07, 6.45) is 0.647. The number of aromatic nitrogens is 2. The summed E-state index contributed by atoms with van der Waals surface area (Å²) < 4.78 is 0. The van der Waals surface area contributed by atoms with E-state index in [1.807, 2.05) is 39.0 Å². The highest BCUT2D eigenvalue weighted by molar-refractivity contribution is 6.04. The van der Waals surface area contributed by atoms with Gasteiger partial charge in [0.1, 0.15) is 0 Å². The van der Waals surface area contributed by atoms with E-state index >= 15 is 0 Å². The maximum absolute atomic E-state index is 12.2. The Morgan fingerprint density at radius 3 is 2.90 bits per heavy atom. The molecule has 0 bridgehead atoms. The van der Waals surface area contributed by atoms with Gasteiger partial charge in [-0.2, -0.15) is 5.10 Å². The van der Waals surface area contributed by atoms with E-state index in [1.54, 1.807) is 0 Å². The number of aromatic amines is 1. The van der Waals surface area contributed by atoms with Crippen molar-refractivity contribution in [3.63, 3.8) is 0 Å². The summed E-state index contributed by atoms with van der Waals surface area (Å²) in [5.74, 6) is -0.187. The zero-order chi connectivity index (χ0) is 14.8. The van der Waals surface area contributed by atoms with E-state index in [1.165, 1.54) is 0 Å². The van der Waals surface area contributed by atoms with Gasteiger partial charge >= 0.3 is 0 Å². The molecule has 5 nitrogen and oxygen atoms in total. The molecule has 1 heterocycles. The normalized spacial score (nSPS) is 11.8. The number of H-pyrrole nitrogens is 1. The van der Waals surface area contributed by atoms with Crippen molar-refractivity contribution in [2.24, 2.45) is 5.41 Å². The third kappa shape index (κ3) is 3.17. The van der Waals surface area contributed by atoms with E-state index in [-0.39, 0.29) is 17.9 Å². The molecule has 0 radical (unpaired) electrons. The van der Waals surface area contributed by atoms with Crippen LogP contribution in [0.1, 0.15) is 36.3 Å². The van der Waals surface area contributed by atoms with Gasteiger partial charge in [0, 0.05) is 18.5 Å². The second-order valence-electron chi connectivity index (χ2n) is 5.94. The number of carbonyl (C=O) groups is 1. The summed E-state index contributed by atoms with van der Waals surface area (Å²) in [5, 5.41) is 19.7. The van der Waals surface area contributed by atoms with Crippen LogP contribution in [0.4, 0.5) is 0 Å². The Balaban J connectivity index is 2.14. The fraction of sp³-hybridized carbons (Fsp3) is 0.467.